The number of ether oxygens (including phenoxy) is 1. The molecule has 12 heteroatoms. The molecule has 0 saturated heterocycles. The van der Waals surface area contributed by atoms with Gasteiger partial charge in [0.05, 0.1) is 37.1 Å². The van der Waals surface area contributed by atoms with E-state index in [9.17, 15) is 22.8 Å². The molecule has 2 heterocycles. The zero-order valence-corrected chi connectivity index (χ0v) is 18.7. The van der Waals surface area contributed by atoms with Crippen LogP contribution in [-0.2, 0) is 16.0 Å². The number of aromatic nitrogens is 2. The Bertz CT molecular complexity index is 1180. The van der Waals surface area contributed by atoms with E-state index in [2.05, 4.69) is 15.5 Å². The van der Waals surface area contributed by atoms with E-state index >= 15 is 0 Å². The third-order valence-electron chi connectivity index (χ3n) is 5.06. The van der Waals surface area contributed by atoms with E-state index < -0.39 is 30.5 Å². The second-order valence-corrected chi connectivity index (χ2v) is 8.29. The second-order valence-electron chi connectivity index (χ2n) is 7.37. The van der Waals surface area contributed by atoms with Crippen molar-refractivity contribution in [1.29, 1.82) is 0 Å². The van der Waals surface area contributed by atoms with Crippen LogP contribution < -0.4 is 15.0 Å². The van der Waals surface area contributed by atoms with Crippen molar-refractivity contribution in [3.05, 3.63) is 60.0 Å². The number of halogens is 3. The van der Waals surface area contributed by atoms with Gasteiger partial charge in [-0.15, -0.1) is 10.2 Å². The standard InChI is InChI=1S/C22H19F3N4O4S/c1-32-14-8-6-13(7-9-14)10-19-27-28-21(33-19)34-12-20(31)29-16-5-3-2-4-15(16)26-18(30)11-17(29)22(23,24)25/h2-9,17H,10-12H2,1H3,(H,26,30). The lowest BCUT2D eigenvalue weighted by Gasteiger charge is -2.31. The van der Waals surface area contributed by atoms with Crippen LogP contribution in [0.3, 0.4) is 0 Å². The number of carbonyl (C=O) groups is 2. The maximum atomic E-state index is 13.8. The van der Waals surface area contributed by atoms with Crippen molar-refractivity contribution < 1.29 is 31.9 Å². The number of fused-ring (bicyclic) bond motifs is 1. The first-order valence-corrected chi connectivity index (χ1v) is 11.1. The number of para-hydroxylation sites is 2. The van der Waals surface area contributed by atoms with Crippen molar-refractivity contribution in [2.24, 2.45) is 0 Å². The lowest BCUT2D eigenvalue weighted by molar-refractivity contribution is -0.157. The summed E-state index contributed by atoms with van der Waals surface area (Å²) in [4.78, 5) is 25.6. The Hall–Kier alpha value is -3.54. The number of hydrogen-bond acceptors (Lipinski definition) is 7. The first-order valence-electron chi connectivity index (χ1n) is 10.1. The van der Waals surface area contributed by atoms with Gasteiger partial charge in [-0.05, 0) is 29.8 Å². The SMILES string of the molecule is COc1ccc(Cc2nnc(SCC(=O)N3c4ccccc4NC(=O)CC3C(F)(F)F)o2)cc1. The van der Waals surface area contributed by atoms with Crippen LogP contribution in [0.25, 0.3) is 0 Å². The molecule has 3 aromatic rings. The smallest absolute Gasteiger partial charge is 0.409 e. The number of methoxy groups -OCH3 is 1. The predicted octanol–water partition coefficient (Wildman–Crippen LogP) is 4.07. The average Bonchev–Trinajstić information content (AvgIpc) is 3.18. The molecular formula is C22H19F3N4O4S. The first-order chi connectivity index (χ1) is 16.2. The molecule has 8 nitrogen and oxygen atoms in total. The van der Waals surface area contributed by atoms with E-state index in [1.165, 1.54) is 18.2 Å². The molecule has 1 unspecified atom stereocenters. The molecule has 4 rings (SSSR count). The molecule has 0 saturated carbocycles. The molecule has 1 atom stereocenters. The number of thioether (sulfide) groups is 1. The van der Waals surface area contributed by atoms with Crippen molar-refractivity contribution in [2.75, 3.05) is 23.1 Å². The number of hydrogen-bond donors (Lipinski definition) is 1. The Morgan fingerprint density at radius 3 is 2.65 bits per heavy atom. The Morgan fingerprint density at radius 2 is 1.94 bits per heavy atom. The van der Waals surface area contributed by atoms with Crippen LogP contribution in [0.15, 0.2) is 58.2 Å². The van der Waals surface area contributed by atoms with Gasteiger partial charge in [0, 0.05) is 0 Å². The molecule has 2 aromatic carbocycles. The van der Waals surface area contributed by atoms with E-state index in [0.717, 1.165) is 17.3 Å². The normalized spacial score (nSPS) is 15.9. The first kappa shape index (κ1) is 23.6. The lowest BCUT2D eigenvalue weighted by Crippen LogP contribution is -2.50. The Morgan fingerprint density at radius 1 is 1.21 bits per heavy atom. The zero-order valence-electron chi connectivity index (χ0n) is 17.8. The zero-order chi connectivity index (χ0) is 24.3. The number of anilines is 2. The summed E-state index contributed by atoms with van der Waals surface area (Å²) in [5.74, 6) is -1.06. The third kappa shape index (κ3) is 5.33. The van der Waals surface area contributed by atoms with Gasteiger partial charge < -0.3 is 14.5 Å². The fourth-order valence-electron chi connectivity index (χ4n) is 3.47. The molecule has 0 spiro atoms. The molecule has 2 amide bonds. The molecular weight excluding hydrogens is 473 g/mol. The molecule has 0 bridgehead atoms. The summed E-state index contributed by atoms with van der Waals surface area (Å²) in [6.07, 6.45) is -5.36. The highest BCUT2D eigenvalue weighted by molar-refractivity contribution is 7.99. The van der Waals surface area contributed by atoms with Crippen LogP contribution >= 0.6 is 11.8 Å². The molecule has 178 valence electrons. The molecule has 1 N–H and O–H groups in total. The minimum atomic E-state index is -4.80. The van der Waals surface area contributed by atoms with Crippen molar-refractivity contribution >= 4 is 35.0 Å². The number of rotatable bonds is 6. The van der Waals surface area contributed by atoms with Crippen LogP contribution in [0.1, 0.15) is 17.9 Å². The van der Waals surface area contributed by atoms with Gasteiger partial charge in [0.1, 0.15) is 11.8 Å². The number of nitrogens with zero attached hydrogens (tertiary/aromatic N) is 3. The van der Waals surface area contributed by atoms with Gasteiger partial charge in [-0.25, -0.2) is 0 Å². The minimum Gasteiger partial charge on any atom is -0.497 e. The molecule has 0 radical (unpaired) electrons. The minimum absolute atomic E-state index is 0.0213. The summed E-state index contributed by atoms with van der Waals surface area (Å²) in [5.41, 5.74) is 1.01. The Balaban J connectivity index is 1.48. The third-order valence-corrected chi connectivity index (χ3v) is 5.86. The van der Waals surface area contributed by atoms with Crippen molar-refractivity contribution in [2.45, 2.75) is 30.3 Å². The van der Waals surface area contributed by atoms with Gasteiger partial charge >= 0.3 is 6.18 Å². The second kappa shape index (κ2) is 9.75. The van der Waals surface area contributed by atoms with Gasteiger partial charge in [0.15, 0.2) is 0 Å². The molecule has 1 aliphatic rings. The average molecular weight is 492 g/mol. The predicted molar refractivity (Wildman–Crippen MR) is 118 cm³/mol. The molecule has 1 aliphatic heterocycles. The van der Waals surface area contributed by atoms with E-state index in [0.29, 0.717) is 23.0 Å². The quantitative estimate of drug-likeness (QED) is 0.518. The van der Waals surface area contributed by atoms with Gasteiger partial charge in [-0.1, -0.05) is 36.0 Å². The van der Waals surface area contributed by atoms with Crippen molar-refractivity contribution in [3.8, 4) is 5.75 Å². The highest BCUT2D eigenvalue weighted by Gasteiger charge is 2.48. The summed E-state index contributed by atoms with van der Waals surface area (Å²) in [7, 11) is 1.56. The summed E-state index contributed by atoms with van der Waals surface area (Å²) in [5, 5.41) is 10.3. The van der Waals surface area contributed by atoms with Crippen LogP contribution in [0.4, 0.5) is 24.5 Å². The van der Waals surface area contributed by atoms with E-state index in [-0.39, 0.29) is 22.4 Å². The van der Waals surface area contributed by atoms with Crippen LogP contribution in [0.5, 0.6) is 5.75 Å². The van der Waals surface area contributed by atoms with E-state index in [1.54, 1.807) is 25.3 Å². The van der Waals surface area contributed by atoms with Gasteiger partial charge in [-0.3, -0.25) is 14.5 Å². The number of benzene rings is 2. The molecule has 0 fully saturated rings. The van der Waals surface area contributed by atoms with E-state index in [1.807, 2.05) is 12.1 Å². The maximum Gasteiger partial charge on any atom is 0.409 e. The van der Waals surface area contributed by atoms with Crippen LogP contribution in [0.2, 0.25) is 0 Å². The Labute approximate surface area is 196 Å². The monoisotopic (exact) mass is 492 g/mol. The summed E-state index contributed by atoms with van der Waals surface area (Å²) in [6.45, 7) is 0. The van der Waals surface area contributed by atoms with E-state index in [4.69, 9.17) is 9.15 Å². The highest BCUT2D eigenvalue weighted by atomic mass is 32.2. The van der Waals surface area contributed by atoms with Crippen molar-refractivity contribution in [1.82, 2.24) is 10.2 Å². The summed E-state index contributed by atoms with van der Waals surface area (Å²) >= 11 is 0.830. The summed E-state index contributed by atoms with van der Waals surface area (Å²) in [6, 6.07) is 10.8. The number of alkyl halides is 3. The fraction of sp³-hybridized carbons (Fsp3) is 0.273. The van der Waals surface area contributed by atoms with Gasteiger partial charge in [-0.2, -0.15) is 13.2 Å². The lowest BCUT2D eigenvalue weighted by atomic mass is 10.1. The van der Waals surface area contributed by atoms with Crippen LogP contribution in [-0.4, -0.2) is 47.1 Å². The number of amides is 2. The topological polar surface area (TPSA) is 97.6 Å². The van der Waals surface area contributed by atoms with Gasteiger partial charge in [0.25, 0.3) is 5.22 Å². The number of nitrogens with one attached hydrogen (secondary N) is 1. The largest absolute Gasteiger partial charge is 0.497 e. The number of carbonyl (C=O) groups excluding carboxylic acids is 2. The Kier molecular flexibility index (Phi) is 6.77. The molecule has 1 aromatic heterocycles. The fourth-order valence-corrected chi connectivity index (χ4v) is 4.11. The molecule has 34 heavy (non-hydrogen) atoms. The van der Waals surface area contributed by atoms with Crippen LogP contribution in [0, 0.1) is 0 Å². The molecule has 0 aliphatic carbocycles. The summed E-state index contributed by atoms with van der Waals surface area (Å²) < 4.78 is 52.0. The van der Waals surface area contributed by atoms with Crippen molar-refractivity contribution in [3.63, 3.8) is 0 Å². The maximum absolute atomic E-state index is 13.8. The highest BCUT2D eigenvalue weighted by Crippen LogP contribution is 2.38. The van der Waals surface area contributed by atoms with Gasteiger partial charge in [0.2, 0.25) is 17.7 Å².